The molecule has 22 heavy (non-hydrogen) atoms. The predicted octanol–water partition coefficient (Wildman–Crippen LogP) is 5.44. The van der Waals surface area contributed by atoms with Gasteiger partial charge in [-0.25, -0.2) is 0 Å². The van der Waals surface area contributed by atoms with Crippen LogP contribution in [0.4, 0.5) is 0 Å². The highest BCUT2D eigenvalue weighted by molar-refractivity contribution is 7.97. The minimum absolute atomic E-state index is 0.0146. The summed E-state index contributed by atoms with van der Waals surface area (Å²) in [7, 11) is -0.0146. The minimum Gasteiger partial charge on any atom is -0.753 e. The van der Waals surface area contributed by atoms with Crippen LogP contribution < -0.4 is 0 Å². The summed E-state index contributed by atoms with van der Waals surface area (Å²) < 4.78 is 0. The first-order valence-corrected chi connectivity index (χ1v) is 8.41. The molecule has 0 fully saturated rings. The molecule has 0 aliphatic rings. The number of nitrogens with zero attached hydrogens (tertiary/aromatic N) is 1. The van der Waals surface area contributed by atoms with Crippen molar-refractivity contribution in [1.82, 2.24) is 0 Å². The van der Waals surface area contributed by atoms with Gasteiger partial charge in [0.25, 0.3) is 0 Å². The zero-order chi connectivity index (χ0) is 15.6. The quantitative estimate of drug-likeness (QED) is 0.358. The second kappa shape index (κ2) is 8.96. The molecule has 0 aromatic heterocycles. The summed E-state index contributed by atoms with van der Waals surface area (Å²) in [5, 5.41) is 8.47. The van der Waals surface area contributed by atoms with E-state index in [1.54, 1.807) is 0 Å². The summed E-state index contributed by atoms with van der Waals surface area (Å²) in [6.07, 6.45) is 0. The molecule has 3 rings (SSSR count). The van der Waals surface area contributed by atoms with Crippen molar-refractivity contribution in [3.8, 4) is 0 Å². The molecule has 108 valence electrons. The maximum absolute atomic E-state index is 7.13. The van der Waals surface area contributed by atoms with Crippen LogP contribution in [-0.4, -0.2) is 5.16 Å². The average Bonchev–Trinajstić information content (AvgIpc) is 2.59. The SMILES string of the molecule is [N-]=C=S.c1ccc([S+](c2ccccc2)c2ccccc2)cc1. The Kier molecular flexibility index (Phi) is 6.59. The van der Waals surface area contributed by atoms with E-state index in [1.165, 1.54) is 19.8 Å². The van der Waals surface area contributed by atoms with E-state index in [2.05, 4.69) is 103 Å². The van der Waals surface area contributed by atoms with Gasteiger partial charge in [0, 0.05) is 0 Å². The van der Waals surface area contributed by atoms with Crippen LogP contribution in [0.3, 0.4) is 0 Å². The molecule has 0 bridgehead atoms. The topological polar surface area (TPSA) is 22.3 Å². The number of thiocarbonyl (C=S) groups is 1. The van der Waals surface area contributed by atoms with Crippen molar-refractivity contribution in [2.75, 3.05) is 0 Å². The second-order valence-electron chi connectivity index (χ2n) is 4.34. The fraction of sp³-hybridized carbons (Fsp3) is 0. The molecule has 0 saturated heterocycles. The van der Waals surface area contributed by atoms with Gasteiger partial charge in [0.2, 0.25) is 0 Å². The first-order valence-electron chi connectivity index (χ1n) is 6.77. The lowest BCUT2D eigenvalue weighted by Gasteiger charge is -2.07. The van der Waals surface area contributed by atoms with Gasteiger partial charge >= 0.3 is 0 Å². The van der Waals surface area contributed by atoms with Gasteiger partial charge in [-0.1, -0.05) is 66.8 Å². The molecular weight excluding hydrogens is 306 g/mol. The summed E-state index contributed by atoms with van der Waals surface area (Å²) in [6.45, 7) is 0. The molecule has 0 amide bonds. The predicted molar refractivity (Wildman–Crippen MR) is 97.4 cm³/mol. The first kappa shape index (κ1) is 16.2. The van der Waals surface area contributed by atoms with Gasteiger partial charge in [-0.2, -0.15) is 5.16 Å². The van der Waals surface area contributed by atoms with Crippen LogP contribution in [0.15, 0.2) is 106 Å². The summed E-state index contributed by atoms with van der Waals surface area (Å²) in [5.74, 6) is 0. The Hall–Kier alpha value is -2.19. The van der Waals surface area contributed by atoms with Crippen molar-refractivity contribution in [2.45, 2.75) is 14.7 Å². The number of rotatable bonds is 3. The molecule has 0 atom stereocenters. The number of benzene rings is 3. The number of isothiocyanates is 1. The Bertz CT molecular complexity index is 612. The first-order chi connectivity index (χ1) is 10.9. The average molecular weight is 321 g/mol. The summed E-state index contributed by atoms with van der Waals surface area (Å²) in [6, 6.07) is 32.2. The second-order valence-corrected chi connectivity index (χ2v) is 6.55. The highest BCUT2D eigenvalue weighted by Crippen LogP contribution is 2.30. The van der Waals surface area contributed by atoms with Crippen molar-refractivity contribution in [1.29, 1.82) is 0 Å². The Morgan fingerprint density at radius 3 is 1.05 bits per heavy atom. The van der Waals surface area contributed by atoms with E-state index in [1.807, 2.05) is 0 Å². The molecule has 0 spiro atoms. The van der Waals surface area contributed by atoms with Crippen LogP contribution in [0.25, 0.3) is 5.41 Å². The molecule has 0 unspecified atom stereocenters. The van der Waals surface area contributed by atoms with E-state index < -0.39 is 0 Å². The van der Waals surface area contributed by atoms with Gasteiger partial charge in [-0.05, 0) is 36.4 Å². The van der Waals surface area contributed by atoms with Crippen LogP contribution >= 0.6 is 12.2 Å². The maximum atomic E-state index is 7.13. The van der Waals surface area contributed by atoms with E-state index in [0.717, 1.165) is 0 Å². The third kappa shape index (κ3) is 4.40. The Balaban J connectivity index is 0.000000545. The van der Waals surface area contributed by atoms with E-state index in [-0.39, 0.29) is 10.9 Å². The minimum atomic E-state index is -0.0146. The molecule has 3 aromatic rings. The van der Waals surface area contributed by atoms with E-state index >= 15 is 0 Å². The van der Waals surface area contributed by atoms with Crippen molar-refractivity contribution in [3.05, 3.63) is 96.4 Å². The van der Waals surface area contributed by atoms with Gasteiger partial charge in [0.15, 0.2) is 14.7 Å². The molecule has 0 radical (unpaired) electrons. The molecule has 1 nitrogen and oxygen atoms in total. The van der Waals surface area contributed by atoms with Crippen LogP contribution in [-0.2, 0) is 10.9 Å². The molecular formula is C19H15NS2. The highest BCUT2D eigenvalue weighted by Gasteiger charge is 2.27. The van der Waals surface area contributed by atoms with Crippen LogP contribution in [0.2, 0.25) is 0 Å². The highest BCUT2D eigenvalue weighted by atomic mass is 32.2. The number of hydrogen-bond acceptors (Lipinski definition) is 1. The summed E-state index contributed by atoms with van der Waals surface area (Å²) in [5.41, 5.74) is 0. The molecule has 3 heteroatoms. The fourth-order valence-electron chi connectivity index (χ4n) is 2.08. The third-order valence-corrected chi connectivity index (χ3v) is 5.17. The normalized spacial score (nSPS) is 9.50. The van der Waals surface area contributed by atoms with Crippen LogP contribution in [0, 0.1) is 0 Å². The molecule has 0 heterocycles. The Morgan fingerprint density at radius 1 is 0.591 bits per heavy atom. The third-order valence-electron chi connectivity index (χ3n) is 2.94. The monoisotopic (exact) mass is 321 g/mol. The van der Waals surface area contributed by atoms with Crippen molar-refractivity contribution < 1.29 is 0 Å². The summed E-state index contributed by atoms with van der Waals surface area (Å²) >= 11 is 3.70. The lowest BCUT2D eigenvalue weighted by Crippen LogP contribution is -2.04. The van der Waals surface area contributed by atoms with Crippen LogP contribution in [0.1, 0.15) is 0 Å². The molecule has 0 aliphatic carbocycles. The van der Waals surface area contributed by atoms with E-state index in [4.69, 9.17) is 5.41 Å². The van der Waals surface area contributed by atoms with Gasteiger partial charge < -0.3 is 5.41 Å². The van der Waals surface area contributed by atoms with E-state index in [9.17, 15) is 0 Å². The standard InChI is InChI=1S/C18H15S.CNS/c1-4-10-16(11-5-1)19(17-12-6-2-7-13-17)18-14-8-3-9-15-18;2-1-3/h1-15H;/q+1;-1. The Morgan fingerprint density at radius 2 is 0.818 bits per heavy atom. The molecule has 3 aromatic carbocycles. The lowest BCUT2D eigenvalue weighted by atomic mass is 10.4. The maximum Gasteiger partial charge on any atom is 0.166 e. The van der Waals surface area contributed by atoms with Gasteiger partial charge in [0.1, 0.15) is 0 Å². The zero-order valence-corrected chi connectivity index (χ0v) is 13.6. The molecule has 0 saturated carbocycles. The van der Waals surface area contributed by atoms with Crippen molar-refractivity contribution >= 4 is 28.3 Å². The smallest absolute Gasteiger partial charge is 0.166 e. The Labute approximate surface area is 139 Å². The van der Waals surface area contributed by atoms with Gasteiger partial charge in [-0.3, -0.25) is 0 Å². The fourth-order valence-corrected chi connectivity index (χ4v) is 4.18. The van der Waals surface area contributed by atoms with Crippen molar-refractivity contribution in [2.24, 2.45) is 0 Å². The largest absolute Gasteiger partial charge is 0.753 e. The van der Waals surface area contributed by atoms with Crippen molar-refractivity contribution in [3.63, 3.8) is 0 Å². The lowest BCUT2D eigenvalue weighted by molar-refractivity contribution is 1.32. The zero-order valence-electron chi connectivity index (χ0n) is 11.9. The van der Waals surface area contributed by atoms with Gasteiger partial charge in [-0.15, -0.1) is 0 Å². The molecule has 0 N–H and O–H groups in total. The van der Waals surface area contributed by atoms with Crippen LogP contribution in [0.5, 0.6) is 0 Å². The number of hydrogen-bond donors (Lipinski definition) is 0. The molecule has 0 aliphatic heterocycles. The summed E-state index contributed by atoms with van der Waals surface area (Å²) in [4.78, 5) is 4.08. The van der Waals surface area contributed by atoms with Gasteiger partial charge in [0.05, 0.1) is 10.9 Å². The van der Waals surface area contributed by atoms with E-state index in [0.29, 0.717) is 0 Å².